The number of carboxylic acids is 1. The smallest absolute Gasteiger partial charge is 0.311 e. The summed E-state index contributed by atoms with van der Waals surface area (Å²) in [6, 6.07) is 10.0. The molecular weight excluding hydrogens is 310 g/mol. The highest BCUT2D eigenvalue weighted by Gasteiger charge is 2.22. The van der Waals surface area contributed by atoms with Gasteiger partial charge in [0, 0.05) is 34.0 Å². The Morgan fingerprint density at radius 2 is 2.17 bits per heavy atom. The fourth-order valence-corrected chi connectivity index (χ4v) is 3.82. The molecule has 5 heteroatoms. The van der Waals surface area contributed by atoms with E-state index in [1.54, 1.807) is 0 Å². The van der Waals surface area contributed by atoms with Crippen molar-refractivity contribution in [3.8, 4) is 11.1 Å². The molecule has 1 aromatic carbocycles. The van der Waals surface area contributed by atoms with Crippen LogP contribution in [-0.4, -0.2) is 22.3 Å². The van der Waals surface area contributed by atoms with Gasteiger partial charge in [0.1, 0.15) is 6.29 Å². The van der Waals surface area contributed by atoms with Crippen LogP contribution in [0.15, 0.2) is 41.9 Å². The number of hydrogen-bond donors (Lipinski definition) is 2. The summed E-state index contributed by atoms with van der Waals surface area (Å²) < 4.78 is 0. The Hall–Kier alpha value is -2.40. The van der Waals surface area contributed by atoms with Gasteiger partial charge < -0.3 is 14.9 Å². The van der Waals surface area contributed by atoms with E-state index in [1.807, 2.05) is 35.8 Å². The van der Waals surface area contributed by atoms with E-state index in [1.165, 1.54) is 11.3 Å². The summed E-state index contributed by atoms with van der Waals surface area (Å²) in [5.41, 5.74) is 3.18. The molecule has 0 aliphatic rings. The predicted octanol–water partition coefficient (Wildman–Crippen LogP) is 4.43. The highest BCUT2D eigenvalue weighted by molar-refractivity contribution is 7.10. The van der Waals surface area contributed by atoms with Crippen molar-refractivity contribution in [2.45, 2.75) is 25.2 Å². The quantitative estimate of drug-likeness (QED) is 0.498. The zero-order valence-electron chi connectivity index (χ0n) is 12.5. The van der Waals surface area contributed by atoms with E-state index in [0.717, 1.165) is 33.2 Å². The molecule has 2 heterocycles. The maximum atomic E-state index is 11.5. The Bertz CT molecular complexity index is 834. The molecule has 118 valence electrons. The Labute approximate surface area is 137 Å². The van der Waals surface area contributed by atoms with Crippen molar-refractivity contribution in [2.75, 3.05) is 0 Å². The minimum absolute atomic E-state index is 0.407. The molecule has 0 aliphatic heterocycles. The third-order valence-electron chi connectivity index (χ3n) is 3.98. The van der Waals surface area contributed by atoms with Crippen LogP contribution >= 0.6 is 11.3 Å². The number of carboxylic acid groups (broad SMARTS) is 1. The Morgan fingerprint density at radius 3 is 2.96 bits per heavy atom. The van der Waals surface area contributed by atoms with Crippen LogP contribution in [0.4, 0.5) is 0 Å². The summed E-state index contributed by atoms with van der Waals surface area (Å²) in [6.07, 6.45) is 4.29. The Morgan fingerprint density at radius 1 is 1.35 bits per heavy atom. The number of fused-ring (bicyclic) bond motifs is 1. The largest absolute Gasteiger partial charge is 0.481 e. The van der Waals surface area contributed by atoms with Crippen LogP contribution in [0.2, 0.25) is 0 Å². The van der Waals surface area contributed by atoms with Crippen molar-refractivity contribution >= 4 is 34.5 Å². The Kier molecular flexibility index (Phi) is 4.57. The minimum Gasteiger partial charge on any atom is -0.481 e. The average molecular weight is 327 g/mol. The van der Waals surface area contributed by atoms with Gasteiger partial charge in [0.2, 0.25) is 0 Å². The zero-order valence-corrected chi connectivity index (χ0v) is 13.3. The number of benzene rings is 1. The molecule has 0 amide bonds. The number of nitrogens with one attached hydrogen (secondary N) is 1. The second-order valence-corrected chi connectivity index (χ2v) is 6.42. The first-order valence-corrected chi connectivity index (χ1v) is 8.40. The van der Waals surface area contributed by atoms with Gasteiger partial charge in [0.25, 0.3) is 0 Å². The van der Waals surface area contributed by atoms with Crippen LogP contribution in [0.25, 0.3) is 22.0 Å². The molecule has 1 atom stereocenters. The molecule has 0 fully saturated rings. The number of unbranched alkanes of at least 4 members (excludes halogenated alkanes) is 1. The van der Waals surface area contributed by atoms with E-state index in [0.29, 0.717) is 19.3 Å². The van der Waals surface area contributed by atoms with Gasteiger partial charge in [-0.2, -0.15) is 0 Å². The van der Waals surface area contributed by atoms with Crippen LogP contribution in [-0.2, 0) is 9.59 Å². The fraction of sp³-hybridized carbons (Fsp3) is 0.222. The van der Waals surface area contributed by atoms with Gasteiger partial charge in [0.05, 0.1) is 5.92 Å². The molecule has 3 aromatic rings. The predicted molar refractivity (Wildman–Crippen MR) is 91.9 cm³/mol. The molecule has 0 saturated carbocycles. The third kappa shape index (κ3) is 3.19. The molecule has 4 nitrogen and oxygen atoms in total. The van der Waals surface area contributed by atoms with E-state index < -0.39 is 11.9 Å². The molecule has 0 saturated heterocycles. The average Bonchev–Trinajstić information content (AvgIpc) is 3.17. The van der Waals surface area contributed by atoms with Gasteiger partial charge in [0.15, 0.2) is 0 Å². The van der Waals surface area contributed by atoms with E-state index >= 15 is 0 Å². The van der Waals surface area contributed by atoms with E-state index in [-0.39, 0.29) is 0 Å². The highest BCUT2D eigenvalue weighted by Crippen LogP contribution is 2.35. The van der Waals surface area contributed by atoms with Crippen molar-refractivity contribution in [3.05, 3.63) is 46.8 Å². The number of aldehydes is 1. The molecule has 2 N–H and O–H groups in total. The lowest BCUT2D eigenvalue weighted by Crippen LogP contribution is -2.10. The number of carbonyl (C=O) groups is 2. The van der Waals surface area contributed by atoms with Crippen molar-refractivity contribution in [3.63, 3.8) is 0 Å². The number of thiophene rings is 1. The third-order valence-corrected chi connectivity index (χ3v) is 5.02. The first kappa shape index (κ1) is 15.5. The van der Waals surface area contributed by atoms with Crippen LogP contribution in [0, 0.1) is 0 Å². The van der Waals surface area contributed by atoms with Gasteiger partial charge in [-0.15, -0.1) is 11.3 Å². The first-order valence-electron chi connectivity index (χ1n) is 7.52. The second-order valence-electron chi connectivity index (χ2n) is 5.47. The zero-order chi connectivity index (χ0) is 16.2. The summed E-state index contributed by atoms with van der Waals surface area (Å²) >= 11 is 1.47. The molecule has 23 heavy (non-hydrogen) atoms. The summed E-state index contributed by atoms with van der Waals surface area (Å²) in [4.78, 5) is 26.0. The lowest BCUT2D eigenvalue weighted by molar-refractivity contribution is -0.139. The number of aromatic amines is 1. The lowest BCUT2D eigenvalue weighted by atomic mass is 9.99. The molecule has 0 radical (unpaired) electrons. The Balaban J connectivity index is 1.89. The summed E-state index contributed by atoms with van der Waals surface area (Å²) in [7, 11) is 0. The second kappa shape index (κ2) is 6.79. The SMILES string of the molecule is O=CCCCC(C(=O)O)c1cc(-c2c[nH]c3ccccc23)cs1. The summed E-state index contributed by atoms with van der Waals surface area (Å²) in [5.74, 6) is -1.37. The molecule has 3 rings (SSSR count). The van der Waals surface area contributed by atoms with E-state index in [4.69, 9.17) is 0 Å². The summed E-state index contributed by atoms with van der Waals surface area (Å²) in [6.45, 7) is 0. The molecule has 0 aliphatic carbocycles. The van der Waals surface area contributed by atoms with Crippen molar-refractivity contribution < 1.29 is 14.7 Å². The monoisotopic (exact) mass is 327 g/mol. The normalized spacial score (nSPS) is 12.3. The number of hydrogen-bond acceptors (Lipinski definition) is 3. The number of carbonyl (C=O) groups excluding carboxylic acids is 1. The maximum Gasteiger partial charge on any atom is 0.311 e. The van der Waals surface area contributed by atoms with Crippen LogP contribution < -0.4 is 0 Å². The fourth-order valence-electron chi connectivity index (χ4n) is 2.78. The maximum absolute atomic E-state index is 11.5. The number of aliphatic carboxylic acids is 1. The standard InChI is InChI=1S/C18H17NO3S/c20-8-4-3-6-14(18(21)22)17-9-12(11-23-17)15-10-19-16-7-2-1-5-13(15)16/h1-2,5,7-11,14,19H,3-4,6H2,(H,21,22). The van der Waals surface area contributed by atoms with Gasteiger partial charge in [-0.25, -0.2) is 0 Å². The van der Waals surface area contributed by atoms with Gasteiger partial charge >= 0.3 is 5.97 Å². The van der Waals surface area contributed by atoms with Gasteiger partial charge in [-0.1, -0.05) is 18.2 Å². The lowest BCUT2D eigenvalue weighted by Gasteiger charge is -2.08. The number of aromatic nitrogens is 1. The summed E-state index contributed by atoms with van der Waals surface area (Å²) in [5, 5.41) is 12.6. The van der Waals surface area contributed by atoms with Crippen molar-refractivity contribution in [1.82, 2.24) is 4.98 Å². The van der Waals surface area contributed by atoms with Crippen molar-refractivity contribution in [1.29, 1.82) is 0 Å². The number of para-hydroxylation sites is 1. The molecular formula is C18H17NO3S. The number of rotatable bonds is 7. The number of H-pyrrole nitrogens is 1. The van der Waals surface area contributed by atoms with Crippen molar-refractivity contribution in [2.24, 2.45) is 0 Å². The minimum atomic E-state index is -0.830. The van der Waals surface area contributed by atoms with Gasteiger partial charge in [-0.3, -0.25) is 4.79 Å². The molecule has 2 aromatic heterocycles. The van der Waals surface area contributed by atoms with Gasteiger partial charge in [-0.05, 0) is 35.9 Å². The highest BCUT2D eigenvalue weighted by atomic mass is 32.1. The molecule has 0 spiro atoms. The topological polar surface area (TPSA) is 70.2 Å². The van der Waals surface area contributed by atoms with Crippen LogP contribution in [0.1, 0.15) is 30.1 Å². The van der Waals surface area contributed by atoms with Crippen LogP contribution in [0.3, 0.4) is 0 Å². The molecule has 0 bridgehead atoms. The first-order chi connectivity index (χ1) is 11.2. The van der Waals surface area contributed by atoms with Crippen LogP contribution in [0.5, 0.6) is 0 Å². The van der Waals surface area contributed by atoms with E-state index in [2.05, 4.69) is 11.1 Å². The molecule has 1 unspecified atom stereocenters. The van der Waals surface area contributed by atoms with E-state index in [9.17, 15) is 14.7 Å².